The lowest BCUT2D eigenvalue weighted by molar-refractivity contribution is -0.137. The normalized spacial score (nSPS) is 15.1. The van der Waals surface area contributed by atoms with Gasteiger partial charge in [-0.05, 0) is 44.4 Å². The van der Waals surface area contributed by atoms with E-state index >= 15 is 0 Å². The minimum absolute atomic E-state index is 0.0758. The maximum atomic E-state index is 12.7. The molecule has 2 heterocycles. The van der Waals surface area contributed by atoms with E-state index in [9.17, 15) is 14.7 Å². The summed E-state index contributed by atoms with van der Waals surface area (Å²) >= 11 is 0. The van der Waals surface area contributed by atoms with E-state index in [0.717, 1.165) is 30.6 Å². The van der Waals surface area contributed by atoms with Crippen LogP contribution in [0.15, 0.2) is 28.8 Å². The lowest BCUT2D eigenvalue weighted by Crippen LogP contribution is -2.40. The summed E-state index contributed by atoms with van der Waals surface area (Å²) in [6.07, 6.45) is 1.71. The van der Waals surface area contributed by atoms with Gasteiger partial charge in [0, 0.05) is 44.9 Å². The molecule has 180 valence electrons. The van der Waals surface area contributed by atoms with Gasteiger partial charge in [0.2, 0.25) is 5.88 Å². The third-order valence-corrected chi connectivity index (χ3v) is 5.68. The summed E-state index contributed by atoms with van der Waals surface area (Å²) in [6.45, 7) is 6.23. The summed E-state index contributed by atoms with van der Waals surface area (Å²) in [5.74, 6) is -1.02. The number of amides is 2. The summed E-state index contributed by atoms with van der Waals surface area (Å²) in [5.41, 5.74) is 2.88. The van der Waals surface area contributed by atoms with Crippen molar-refractivity contribution < 1.29 is 28.7 Å². The number of methoxy groups -OCH3 is 1. The summed E-state index contributed by atoms with van der Waals surface area (Å²) in [7, 11) is 1.54. The minimum Gasteiger partial charge on any atom is -0.481 e. The number of carboxylic acids is 1. The number of aromatic nitrogens is 1. The van der Waals surface area contributed by atoms with Crippen LogP contribution < -0.4 is 15.5 Å². The molecule has 1 atom stereocenters. The van der Waals surface area contributed by atoms with Gasteiger partial charge in [-0.3, -0.25) is 10.1 Å². The highest BCUT2D eigenvalue weighted by molar-refractivity contribution is 6.01. The van der Waals surface area contributed by atoms with Crippen molar-refractivity contribution in [2.24, 2.45) is 0 Å². The van der Waals surface area contributed by atoms with Gasteiger partial charge >= 0.3 is 12.0 Å². The van der Waals surface area contributed by atoms with E-state index in [1.165, 1.54) is 0 Å². The number of urea groups is 1. The van der Waals surface area contributed by atoms with Crippen LogP contribution in [0.3, 0.4) is 0 Å². The molecular formula is C23H32N4O6. The van der Waals surface area contributed by atoms with Gasteiger partial charge in [-0.2, -0.15) is 0 Å². The molecule has 2 amide bonds. The quantitative estimate of drug-likeness (QED) is 0.488. The first-order valence-corrected chi connectivity index (χ1v) is 11.1. The third kappa shape index (κ3) is 6.69. The topological polar surface area (TPSA) is 126 Å². The number of rotatable bonds is 10. The number of carboxylic acid groups (broad SMARTS) is 1. The number of nitrogens with zero attached hydrogens (tertiary/aromatic N) is 2. The molecule has 0 aliphatic carbocycles. The number of carbonyl (C=O) groups excluding carboxylic acids is 1. The Morgan fingerprint density at radius 2 is 2.03 bits per heavy atom. The number of hydrogen-bond acceptors (Lipinski definition) is 7. The molecule has 0 unspecified atom stereocenters. The van der Waals surface area contributed by atoms with Crippen LogP contribution in [0.25, 0.3) is 0 Å². The first-order chi connectivity index (χ1) is 15.9. The van der Waals surface area contributed by atoms with E-state index in [2.05, 4.69) is 27.6 Å². The Hall–Kier alpha value is -3.11. The average molecular weight is 461 g/mol. The van der Waals surface area contributed by atoms with E-state index in [1.54, 1.807) is 20.1 Å². The van der Waals surface area contributed by atoms with Crippen LogP contribution in [-0.2, 0) is 14.3 Å². The molecule has 10 heteroatoms. The van der Waals surface area contributed by atoms with Gasteiger partial charge in [0.15, 0.2) is 0 Å². The molecule has 1 saturated heterocycles. The van der Waals surface area contributed by atoms with Crippen molar-refractivity contribution in [3.63, 3.8) is 0 Å². The highest BCUT2D eigenvalue weighted by atomic mass is 16.5. The second-order valence-electron chi connectivity index (χ2n) is 8.07. The fourth-order valence-electron chi connectivity index (χ4n) is 4.15. The summed E-state index contributed by atoms with van der Waals surface area (Å²) in [4.78, 5) is 26.4. The van der Waals surface area contributed by atoms with Crippen LogP contribution in [-0.4, -0.2) is 61.8 Å². The Morgan fingerprint density at radius 3 is 2.64 bits per heavy atom. The monoisotopic (exact) mass is 460 g/mol. The zero-order valence-electron chi connectivity index (χ0n) is 19.3. The van der Waals surface area contributed by atoms with Gasteiger partial charge in [-0.1, -0.05) is 11.2 Å². The number of aliphatic carboxylic acids is 1. The number of aryl methyl sites for hydroxylation is 1. The smallest absolute Gasteiger partial charge is 0.326 e. The standard InChI is InChI=1S/C23H32N4O6/c1-4-27(18-7-9-32-10-8-18)20-6-5-16(17(14-31-3)13-22(28)29)12-19(20)24-23(30)25-21-11-15(2)26-33-21/h5-6,11-12,17-18H,4,7-10,13-14H2,1-3H3,(H,28,29)(H2,24,25,30)/t17-/m0/s1. The average Bonchev–Trinajstić information content (AvgIpc) is 3.19. The lowest BCUT2D eigenvalue weighted by atomic mass is 9.95. The molecule has 0 saturated carbocycles. The number of benzene rings is 1. The van der Waals surface area contributed by atoms with Crippen LogP contribution in [0.4, 0.5) is 22.1 Å². The number of ether oxygens (including phenoxy) is 2. The van der Waals surface area contributed by atoms with Gasteiger partial charge in [0.05, 0.1) is 30.1 Å². The van der Waals surface area contributed by atoms with Gasteiger partial charge in [-0.15, -0.1) is 0 Å². The maximum Gasteiger partial charge on any atom is 0.326 e. The molecule has 3 rings (SSSR count). The fraction of sp³-hybridized carbons (Fsp3) is 0.522. The van der Waals surface area contributed by atoms with Crippen molar-refractivity contribution in [2.75, 3.05) is 49.0 Å². The summed E-state index contributed by atoms with van der Waals surface area (Å²) in [5, 5.41) is 18.7. The molecule has 1 aromatic heterocycles. The lowest BCUT2D eigenvalue weighted by Gasteiger charge is -2.36. The van der Waals surface area contributed by atoms with Crippen LogP contribution in [0.2, 0.25) is 0 Å². The Labute approximate surface area is 193 Å². The summed E-state index contributed by atoms with van der Waals surface area (Å²) < 4.78 is 15.8. The zero-order chi connectivity index (χ0) is 23.8. The number of hydrogen-bond donors (Lipinski definition) is 3. The molecule has 10 nitrogen and oxygen atoms in total. The molecule has 3 N–H and O–H groups in total. The first-order valence-electron chi connectivity index (χ1n) is 11.1. The Kier molecular flexibility index (Phi) is 8.67. The van der Waals surface area contributed by atoms with Crippen LogP contribution in [0.1, 0.15) is 43.4 Å². The van der Waals surface area contributed by atoms with Crippen LogP contribution >= 0.6 is 0 Å². The van der Waals surface area contributed by atoms with Crippen molar-refractivity contribution in [1.82, 2.24) is 5.16 Å². The van der Waals surface area contributed by atoms with Crippen molar-refractivity contribution in [3.8, 4) is 0 Å². The van der Waals surface area contributed by atoms with E-state index in [4.69, 9.17) is 14.0 Å². The van der Waals surface area contributed by atoms with E-state index in [1.807, 2.05) is 18.2 Å². The summed E-state index contributed by atoms with van der Waals surface area (Å²) in [6, 6.07) is 7.10. The molecule has 1 aliphatic rings. The Balaban J connectivity index is 1.92. The predicted octanol–water partition coefficient (Wildman–Crippen LogP) is 3.84. The third-order valence-electron chi connectivity index (χ3n) is 5.68. The number of carbonyl (C=O) groups is 2. The highest BCUT2D eigenvalue weighted by Crippen LogP contribution is 2.34. The molecule has 1 aromatic carbocycles. The maximum absolute atomic E-state index is 12.7. The molecule has 1 fully saturated rings. The Morgan fingerprint density at radius 1 is 1.27 bits per heavy atom. The van der Waals surface area contributed by atoms with E-state index in [-0.39, 0.29) is 30.9 Å². The molecule has 0 bridgehead atoms. The first kappa shape index (κ1) is 24.5. The van der Waals surface area contributed by atoms with Gasteiger partial charge in [-0.25, -0.2) is 4.79 Å². The zero-order valence-corrected chi connectivity index (χ0v) is 19.3. The van der Waals surface area contributed by atoms with Crippen molar-refractivity contribution in [1.29, 1.82) is 0 Å². The predicted molar refractivity (Wildman–Crippen MR) is 124 cm³/mol. The molecule has 2 aromatic rings. The number of nitrogens with one attached hydrogen (secondary N) is 2. The van der Waals surface area contributed by atoms with Gasteiger partial charge in [0.25, 0.3) is 0 Å². The SMILES string of the molecule is CCN(c1ccc([C@H](COC)CC(=O)O)cc1NC(=O)Nc1cc(C)no1)C1CCOCC1. The highest BCUT2D eigenvalue weighted by Gasteiger charge is 2.25. The second kappa shape index (κ2) is 11.7. The van der Waals surface area contributed by atoms with Gasteiger partial charge in [0.1, 0.15) is 0 Å². The van der Waals surface area contributed by atoms with Crippen LogP contribution in [0.5, 0.6) is 0 Å². The van der Waals surface area contributed by atoms with Crippen LogP contribution in [0, 0.1) is 6.92 Å². The molecule has 33 heavy (non-hydrogen) atoms. The van der Waals surface area contributed by atoms with Gasteiger partial charge < -0.3 is 29.3 Å². The van der Waals surface area contributed by atoms with Crippen molar-refractivity contribution in [3.05, 3.63) is 35.5 Å². The second-order valence-corrected chi connectivity index (χ2v) is 8.07. The minimum atomic E-state index is -0.911. The van der Waals surface area contributed by atoms with E-state index < -0.39 is 12.0 Å². The van der Waals surface area contributed by atoms with Crippen molar-refractivity contribution >= 4 is 29.3 Å². The van der Waals surface area contributed by atoms with E-state index in [0.29, 0.717) is 24.6 Å². The van der Waals surface area contributed by atoms with Crippen molar-refractivity contribution in [2.45, 2.75) is 45.1 Å². The Bertz CT molecular complexity index is 941. The largest absolute Gasteiger partial charge is 0.481 e. The molecule has 1 aliphatic heterocycles. The fourth-order valence-corrected chi connectivity index (χ4v) is 4.15. The molecule has 0 spiro atoms. The molecular weight excluding hydrogens is 428 g/mol. The molecule has 0 radical (unpaired) electrons. The number of anilines is 3.